The van der Waals surface area contributed by atoms with Gasteiger partial charge in [0.2, 0.25) is 5.91 Å². The van der Waals surface area contributed by atoms with Gasteiger partial charge >= 0.3 is 0 Å². The summed E-state index contributed by atoms with van der Waals surface area (Å²) in [6.07, 6.45) is 2.91. The normalized spacial score (nSPS) is 19.8. The van der Waals surface area contributed by atoms with Gasteiger partial charge in [-0.2, -0.15) is 0 Å². The molecule has 0 aromatic heterocycles. The molecule has 0 radical (unpaired) electrons. The third-order valence-electron chi connectivity index (χ3n) is 4.18. The standard InChI is InChI=1S/C16H25N3O2/c1-11(12-4-3-7-18-10-12)8-16(20)19-15-9-13(21-2)5-6-14(15)17/h5-6,9,11-12,18H,3-4,7-8,10,17H2,1-2H3,(H,19,20). The highest BCUT2D eigenvalue weighted by Gasteiger charge is 2.22. The van der Waals surface area contributed by atoms with Crippen molar-refractivity contribution in [3.05, 3.63) is 18.2 Å². The molecule has 0 bridgehead atoms. The molecule has 0 spiro atoms. The Morgan fingerprint density at radius 2 is 2.38 bits per heavy atom. The Labute approximate surface area is 126 Å². The highest BCUT2D eigenvalue weighted by molar-refractivity contribution is 5.94. The second kappa shape index (κ2) is 7.31. The number of nitrogens with two attached hydrogens (primary N) is 1. The summed E-state index contributed by atoms with van der Waals surface area (Å²) in [6, 6.07) is 5.27. The van der Waals surface area contributed by atoms with Gasteiger partial charge in [0.1, 0.15) is 5.75 Å². The van der Waals surface area contributed by atoms with Crippen molar-refractivity contribution in [2.24, 2.45) is 11.8 Å². The lowest BCUT2D eigenvalue weighted by Gasteiger charge is -2.28. The summed E-state index contributed by atoms with van der Waals surface area (Å²) >= 11 is 0. The summed E-state index contributed by atoms with van der Waals surface area (Å²) in [4.78, 5) is 12.2. The van der Waals surface area contributed by atoms with Crippen molar-refractivity contribution < 1.29 is 9.53 Å². The van der Waals surface area contributed by atoms with Crippen molar-refractivity contribution in [3.63, 3.8) is 0 Å². The Morgan fingerprint density at radius 3 is 3.05 bits per heavy atom. The van der Waals surface area contributed by atoms with Crippen molar-refractivity contribution in [1.82, 2.24) is 5.32 Å². The van der Waals surface area contributed by atoms with Gasteiger partial charge in [0.25, 0.3) is 0 Å². The smallest absolute Gasteiger partial charge is 0.224 e. The topological polar surface area (TPSA) is 76.4 Å². The molecule has 1 saturated heterocycles. The summed E-state index contributed by atoms with van der Waals surface area (Å²) in [7, 11) is 1.59. The zero-order valence-electron chi connectivity index (χ0n) is 12.8. The molecule has 1 aliphatic rings. The van der Waals surface area contributed by atoms with Crippen LogP contribution in [0.3, 0.4) is 0 Å². The monoisotopic (exact) mass is 291 g/mol. The third kappa shape index (κ3) is 4.36. The number of nitrogens with one attached hydrogen (secondary N) is 2. The molecule has 1 aromatic carbocycles. The van der Waals surface area contributed by atoms with Gasteiger partial charge in [-0.15, -0.1) is 0 Å². The summed E-state index contributed by atoms with van der Waals surface area (Å²) in [5.74, 6) is 1.63. The maximum Gasteiger partial charge on any atom is 0.224 e. The highest BCUT2D eigenvalue weighted by atomic mass is 16.5. The Balaban J connectivity index is 1.91. The molecule has 2 unspecified atom stereocenters. The second-order valence-electron chi connectivity index (χ2n) is 5.79. The summed E-state index contributed by atoms with van der Waals surface area (Å²) in [5.41, 5.74) is 7.06. The number of piperidine rings is 1. The predicted octanol–water partition coefficient (Wildman–Crippen LogP) is 2.24. The molecule has 2 rings (SSSR count). The maximum atomic E-state index is 12.2. The Bertz CT molecular complexity index is 484. The van der Waals surface area contributed by atoms with E-state index in [9.17, 15) is 4.79 Å². The van der Waals surface area contributed by atoms with Crippen LogP contribution in [-0.2, 0) is 4.79 Å². The van der Waals surface area contributed by atoms with Gasteiger partial charge in [-0.05, 0) is 49.9 Å². The van der Waals surface area contributed by atoms with Crippen molar-refractivity contribution in [2.75, 3.05) is 31.2 Å². The van der Waals surface area contributed by atoms with Crippen LogP contribution in [0.5, 0.6) is 5.75 Å². The van der Waals surface area contributed by atoms with E-state index in [0.29, 0.717) is 35.4 Å². The van der Waals surface area contributed by atoms with Crippen molar-refractivity contribution >= 4 is 17.3 Å². The number of carbonyl (C=O) groups excluding carboxylic acids is 1. The summed E-state index contributed by atoms with van der Waals surface area (Å²) in [5, 5.41) is 6.29. The summed E-state index contributed by atoms with van der Waals surface area (Å²) < 4.78 is 5.15. The molecule has 1 heterocycles. The molecule has 4 N–H and O–H groups in total. The first kappa shape index (κ1) is 15.6. The minimum atomic E-state index is 0.00743. The first-order valence-corrected chi connectivity index (χ1v) is 7.54. The van der Waals surface area contributed by atoms with E-state index in [2.05, 4.69) is 17.6 Å². The molecule has 21 heavy (non-hydrogen) atoms. The Kier molecular flexibility index (Phi) is 5.44. The van der Waals surface area contributed by atoms with Gasteiger partial charge in [0, 0.05) is 12.5 Å². The van der Waals surface area contributed by atoms with Crippen molar-refractivity contribution in [2.45, 2.75) is 26.2 Å². The zero-order valence-corrected chi connectivity index (χ0v) is 12.8. The van der Waals surface area contributed by atoms with Crippen molar-refractivity contribution in [1.29, 1.82) is 0 Å². The SMILES string of the molecule is COc1ccc(N)c(NC(=O)CC(C)C2CCCNC2)c1. The van der Waals surface area contributed by atoms with Gasteiger partial charge in [-0.25, -0.2) is 0 Å². The number of methoxy groups -OCH3 is 1. The fraction of sp³-hybridized carbons (Fsp3) is 0.562. The highest BCUT2D eigenvalue weighted by Crippen LogP contribution is 2.26. The van der Waals surface area contributed by atoms with E-state index in [1.807, 2.05) is 0 Å². The van der Waals surface area contributed by atoms with Crippen LogP contribution in [0, 0.1) is 11.8 Å². The molecule has 5 heteroatoms. The van der Waals surface area contributed by atoms with Crippen LogP contribution in [0.25, 0.3) is 0 Å². The van der Waals surface area contributed by atoms with Crippen LogP contribution < -0.4 is 21.1 Å². The van der Waals surface area contributed by atoms with Gasteiger partial charge in [0.15, 0.2) is 0 Å². The largest absolute Gasteiger partial charge is 0.497 e. The Morgan fingerprint density at radius 1 is 1.57 bits per heavy atom. The first-order valence-electron chi connectivity index (χ1n) is 7.54. The quantitative estimate of drug-likeness (QED) is 0.727. The van der Waals surface area contributed by atoms with E-state index in [1.165, 1.54) is 12.8 Å². The molecule has 116 valence electrons. The minimum Gasteiger partial charge on any atom is -0.497 e. The van der Waals surface area contributed by atoms with Crippen molar-refractivity contribution in [3.8, 4) is 5.75 Å². The van der Waals surface area contributed by atoms with Crippen LogP contribution in [0.4, 0.5) is 11.4 Å². The molecule has 0 saturated carbocycles. The number of anilines is 2. The number of amides is 1. The van der Waals surface area contributed by atoms with Gasteiger partial charge < -0.3 is 21.1 Å². The average Bonchev–Trinajstić information content (AvgIpc) is 2.50. The van der Waals surface area contributed by atoms with E-state index in [-0.39, 0.29) is 5.91 Å². The van der Waals surface area contributed by atoms with E-state index in [1.54, 1.807) is 25.3 Å². The van der Waals surface area contributed by atoms with Gasteiger partial charge in [-0.1, -0.05) is 6.92 Å². The number of nitrogen functional groups attached to an aromatic ring is 1. The number of ether oxygens (including phenoxy) is 1. The van der Waals surface area contributed by atoms with Crippen LogP contribution in [-0.4, -0.2) is 26.1 Å². The van der Waals surface area contributed by atoms with E-state index in [0.717, 1.165) is 13.1 Å². The number of carbonyl (C=O) groups is 1. The molecule has 2 atom stereocenters. The summed E-state index contributed by atoms with van der Waals surface area (Å²) in [6.45, 7) is 4.25. The second-order valence-corrected chi connectivity index (χ2v) is 5.79. The lowest BCUT2D eigenvalue weighted by Crippen LogP contribution is -2.34. The first-order chi connectivity index (χ1) is 10.1. The molecule has 1 fully saturated rings. The maximum absolute atomic E-state index is 12.2. The number of rotatable bonds is 5. The average molecular weight is 291 g/mol. The van der Waals surface area contributed by atoms with Gasteiger partial charge in [-0.3, -0.25) is 4.79 Å². The lowest BCUT2D eigenvalue weighted by molar-refractivity contribution is -0.117. The van der Waals surface area contributed by atoms with E-state index < -0.39 is 0 Å². The van der Waals surface area contributed by atoms with E-state index in [4.69, 9.17) is 10.5 Å². The van der Waals surface area contributed by atoms with Crippen LogP contribution >= 0.6 is 0 Å². The molecule has 5 nitrogen and oxygen atoms in total. The molecule has 0 aliphatic carbocycles. The lowest BCUT2D eigenvalue weighted by atomic mass is 9.85. The minimum absolute atomic E-state index is 0.00743. The number of hydrogen-bond donors (Lipinski definition) is 3. The molecular weight excluding hydrogens is 266 g/mol. The number of benzene rings is 1. The fourth-order valence-corrected chi connectivity index (χ4v) is 2.80. The van der Waals surface area contributed by atoms with Crippen LogP contribution in [0.2, 0.25) is 0 Å². The third-order valence-corrected chi connectivity index (χ3v) is 4.18. The van der Waals surface area contributed by atoms with E-state index >= 15 is 0 Å². The molecule has 1 amide bonds. The molecule has 1 aliphatic heterocycles. The predicted molar refractivity (Wildman–Crippen MR) is 85.4 cm³/mol. The molecular formula is C16H25N3O2. The van der Waals surface area contributed by atoms with Crippen LogP contribution in [0.15, 0.2) is 18.2 Å². The van der Waals surface area contributed by atoms with Gasteiger partial charge in [0.05, 0.1) is 18.5 Å². The Hall–Kier alpha value is -1.75. The molecule has 1 aromatic rings. The fourth-order valence-electron chi connectivity index (χ4n) is 2.80. The number of hydrogen-bond acceptors (Lipinski definition) is 4. The van der Waals surface area contributed by atoms with Crippen LogP contribution in [0.1, 0.15) is 26.2 Å². The zero-order chi connectivity index (χ0) is 15.2.